The number of hydrogen-bond acceptors (Lipinski definition) is 2. The van der Waals surface area contributed by atoms with Crippen LogP contribution >= 0.6 is 0 Å². The molecule has 0 unspecified atom stereocenters. The summed E-state index contributed by atoms with van der Waals surface area (Å²) >= 11 is 0. The number of nitrogens with one attached hydrogen (secondary N) is 2. The number of rotatable bonds is 7. The highest BCUT2D eigenvalue weighted by Gasteiger charge is 2.03. The number of carbonyl (C=O) groups is 1. The van der Waals surface area contributed by atoms with Crippen LogP contribution < -0.4 is 10.6 Å². The normalized spacial score (nSPS) is 10.8. The highest BCUT2D eigenvalue weighted by molar-refractivity contribution is 5.75. The second-order valence-corrected chi connectivity index (χ2v) is 4.51. The summed E-state index contributed by atoms with van der Waals surface area (Å²) in [5.41, 5.74) is 1.27. The Kier molecular flexibility index (Phi) is 5.77. The zero-order chi connectivity index (χ0) is 12.7. The Bertz CT molecular complexity index is 344. The molecule has 96 valence electrons. The Morgan fingerprint density at radius 2 is 2.24 bits per heavy atom. The highest BCUT2D eigenvalue weighted by atomic mass is 16.1. The molecule has 1 aromatic rings. The standard InChI is InChI=1S/C13H23N3O/c1-11(2)15-10-12-6-4-8-16(12)9-5-7-13(17)14-3/h4,6,8,11,15H,5,7,9-10H2,1-3H3,(H,14,17). The Hall–Kier alpha value is -1.29. The van der Waals surface area contributed by atoms with Crippen LogP contribution in [0.1, 0.15) is 32.4 Å². The third-order valence-corrected chi connectivity index (χ3v) is 2.70. The lowest BCUT2D eigenvalue weighted by Crippen LogP contribution is -2.23. The van der Waals surface area contributed by atoms with Crippen LogP contribution in [0.4, 0.5) is 0 Å². The number of hydrogen-bond donors (Lipinski definition) is 2. The Morgan fingerprint density at radius 1 is 1.47 bits per heavy atom. The van der Waals surface area contributed by atoms with Crippen molar-refractivity contribution >= 4 is 5.91 Å². The monoisotopic (exact) mass is 237 g/mol. The summed E-state index contributed by atoms with van der Waals surface area (Å²) in [6.45, 7) is 6.05. The molecule has 1 rings (SSSR count). The second-order valence-electron chi connectivity index (χ2n) is 4.51. The van der Waals surface area contributed by atoms with Crippen LogP contribution in [-0.2, 0) is 17.9 Å². The number of nitrogens with zero attached hydrogens (tertiary/aromatic N) is 1. The first-order chi connectivity index (χ1) is 8.13. The van der Waals surface area contributed by atoms with Gasteiger partial charge < -0.3 is 15.2 Å². The van der Waals surface area contributed by atoms with E-state index in [-0.39, 0.29) is 5.91 Å². The molecular weight excluding hydrogens is 214 g/mol. The molecule has 0 atom stereocenters. The molecule has 1 aromatic heterocycles. The number of aryl methyl sites for hydroxylation is 1. The number of carbonyl (C=O) groups excluding carboxylic acids is 1. The fourth-order valence-electron chi connectivity index (χ4n) is 1.67. The minimum atomic E-state index is 0.110. The van der Waals surface area contributed by atoms with Gasteiger partial charge in [0, 0.05) is 44.5 Å². The van der Waals surface area contributed by atoms with E-state index in [0.717, 1.165) is 19.5 Å². The molecule has 0 spiro atoms. The summed E-state index contributed by atoms with van der Waals surface area (Å²) in [5.74, 6) is 0.110. The Balaban J connectivity index is 2.37. The summed E-state index contributed by atoms with van der Waals surface area (Å²) in [5, 5.41) is 6.04. The molecule has 1 heterocycles. The third kappa shape index (κ3) is 5.04. The van der Waals surface area contributed by atoms with Gasteiger partial charge in [-0.25, -0.2) is 0 Å². The third-order valence-electron chi connectivity index (χ3n) is 2.70. The van der Waals surface area contributed by atoms with Gasteiger partial charge in [0.15, 0.2) is 0 Å². The number of amides is 1. The van der Waals surface area contributed by atoms with E-state index >= 15 is 0 Å². The summed E-state index contributed by atoms with van der Waals surface area (Å²) in [7, 11) is 1.68. The maximum absolute atomic E-state index is 11.1. The molecule has 0 fully saturated rings. The summed E-state index contributed by atoms with van der Waals surface area (Å²) < 4.78 is 2.21. The lowest BCUT2D eigenvalue weighted by Gasteiger charge is -2.11. The van der Waals surface area contributed by atoms with Crippen LogP contribution in [0.5, 0.6) is 0 Å². The average Bonchev–Trinajstić information content (AvgIpc) is 2.73. The Labute approximate surface area is 103 Å². The summed E-state index contributed by atoms with van der Waals surface area (Å²) in [6, 6.07) is 4.66. The van der Waals surface area contributed by atoms with Crippen molar-refractivity contribution in [2.24, 2.45) is 0 Å². The molecule has 0 saturated carbocycles. The van der Waals surface area contributed by atoms with Crippen molar-refractivity contribution in [3.05, 3.63) is 24.0 Å². The maximum atomic E-state index is 11.1. The molecule has 0 radical (unpaired) electrons. The van der Waals surface area contributed by atoms with Crippen molar-refractivity contribution in [1.82, 2.24) is 15.2 Å². The van der Waals surface area contributed by atoms with E-state index in [1.807, 2.05) is 0 Å². The molecule has 0 aliphatic carbocycles. The predicted molar refractivity (Wildman–Crippen MR) is 69.7 cm³/mol. The van der Waals surface area contributed by atoms with Gasteiger partial charge in [-0.15, -0.1) is 0 Å². The quantitative estimate of drug-likeness (QED) is 0.755. The van der Waals surface area contributed by atoms with Gasteiger partial charge in [-0.2, -0.15) is 0 Å². The smallest absolute Gasteiger partial charge is 0.219 e. The van der Waals surface area contributed by atoms with Gasteiger partial charge in [-0.1, -0.05) is 13.8 Å². The zero-order valence-corrected chi connectivity index (χ0v) is 11.0. The van der Waals surface area contributed by atoms with Crippen molar-refractivity contribution in [1.29, 1.82) is 0 Å². The van der Waals surface area contributed by atoms with E-state index in [2.05, 4.69) is 47.4 Å². The van der Waals surface area contributed by atoms with E-state index in [9.17, 15) is 4.79 Å². The second kappa shape index (κ2) is 7.12. The summed E-state index contributed by atoms with van der Waals surface area (Å²) in [6.07, 6.45) is 3.54. The van der Waals surface area contributed by atoms with Crippen molar-refractivity contribution in [3.8, 4) is 0 Å². The molecule has 0 saturated heterocycles. The topological polar surface area (TPSA) is 46.1 Å². The van der Waals surface area contributed by atoms with Crippen LogP contribution in [0.2, 0.25) is 0 Å². The first-order valence-corrected chi connectivity index (χ1v) is 6.21. The van der Waals surface area contributed by atoms with Crippen molar-refractivity contribution in [2.75, 3.05) is 7.05 Å². The van der Waals surface area contributed by atoms with Gasteiger partial charge in [-0.05, 0) is 18.6 Å². The number of aromatic nitrogens is 1. The van der Waals surface area contributed by atoms with Crippen LogP contribution in [0, 0.1) is 0 Å². The lowest BCUT2D eigenvalue weighted by molar-refractivity contribution is -0.120. The van der Waals surface area contributed by atoms with Crippen LogP contribution in [0.25, 0.3) is 0 Å². The van der Waals surface area contributed by atoms with E-state index in [1.165, 1.54) is 5.69 Å². The van der Waals surface area contributed by atoms with Gasteiger partial charge in [0.1, 0.15) is 0 Å². The summed E-state index contributed by atoms with van der Waals surface area (Å²) in [4.78, 5) is 11.1. The molecule has 0 bridgehead atoms. The minimum Gasteiger partial charge on any atom is -0.359 e. The average molecular weight is 237 g/mol. The molecule has 1 amide bonds. The van der Waals surface area contributed by atoms with E-state index in [1.54, 1.807) is 7.05 Å². The molecule has 0 aliphatic heterocycles. The van der Waals surface area contributed by atoms with Gasteiger partial charge in [0.2, 0.25) is 5.91 Å². The van der Waals surface area contributed by atoms with E-state index in [0.29, 0.717) is 12.5 Å². The van der Waals surface area contributed by atoms with E-state index in [4.69, 9.17) is 0 Å². The Morgan fingerprint density at radius 3 is 2.88 bits per heavy atom. The first-order valence-electron chi connectivity index (χ1n) is 6.21. The van der Waals surface area contributed by atoms with Gasteiger partial charge >= 0.3 is 0 Å². The first kappa shape index (κ1) is 13.8. The largest absolute Gasteiger partial charge is 0.359 e. The van der Waals surface area contributed by atoms with Gasteiger partial charge in [-0.3, -0.25) is 4.79 Å². The van der Waals surface area contributed by atoms with Crippen LogP contribution in [-0.4, -0.2) is 23.6 Å². The molecule has 0 aliphatic rings. The molecular formula is C13H23N3O. The predicted octanol–water partition coefficient (Wildman–Crippen LogP) is 1.51. The molecule has 2 N–H and O–H groups in total. The molecule has 0 aromatic carbocycles. The van der Waals surface area contributed by atoms with Crippen molar-refractivity contribution in [2.45, 2.75) is 45.8 Å². The maximum Gasteiger partial charge on any atom is 0.219 e. The molecule has 4 heteroatoms. The minimum absolute atomic E-state index is 0.110. The van der Waals surface area contributed by atoms with E-state index < -0.39 is 0 Å². The fraction of sp³-hybridized carbons (Fsp3) is 0.615. The molecule has 17 heavy (non-hydrogen) atoms. The van der Waals surface area contributed by atoms with Crippen molar-refractivity contribution < 1.29 is 4.79 Å². The molecule has 4 nitrogen and oxygen atoms in total. The SMILES string of the molecule is CNC(=O)CCCn1cccc1CNC(C)C. The van der Waals surface area contributed by atoms with Crippen LogP contribution in [0.15, 0.2) is 18.3 Å². The zero-order valence-electron chi connectivity index (χ0n) is 11.0. The lowest BCUT2D eigenvalue weighted by atomic mass is 10.3. The highest BCUT2D eigenvalue weighted by Crippen LogP contribution is 2.05. The fourth-order valence-corrected chi connectivity index (χ4v) is 1.67. The van der Waals surface area contributed by atoms with Crippen molar-refractivity contribution in [3.63, 3.8) is 0 Å². The van der Waals surface area contributed by atoms with Gasteiger partial charge in [0.25, 0.3) is 0 Å². The van der Waals surface area contributed by atoms with Crippen LogP contribution in [0.3, 0.4) is 0 Å². The van der Waals surface area contributed by atoms with Gasteiger partial charge in [0.05, 0.1) is 0 Å².